The number of aromatic amines is 1. The van der Waals surface area contributed by atoms with Crippen LogP contribution in [-0.2, 0) is 6.42 Å². The molecule has 0 radical (unpaired) electrons. The minimum atomic E-state index is 0.609. The van der Waals surface area contributed by atoms with Crippen molar-refractivity contribution in [3.63, 3.8) is 0 Å². The van der Waals surface area contributed by atoms with Gasteiger partial charge in [-0.25, -0.2) is 4.57 Å². The third kappa shape index (κ3) is 8.63. The molecule has 0 amide bonds. The third-order valence-corrected chi connectivity index (χ3v) is 6.12. The molecule has 28 heavy (non-hydrogen) atoms. The first-order chi connectivity index (χ1) is 13.8. The maximum atomic E-state index is 3.28. The van der Waals surface area contributed by atoms with Crippen LogP contribution >= 0.6 is 0 Å². The van der Waals surface area contributed by atoms with E-state index in [0.717, 1.165) is 5.92 Å². The summed E-state index contributed by atoms with van der Waals surface area (Å²) in [5, 5.41) is 0. The van der Waals surface area contributed by atoms with E-state index in [0.29, 0.717) is 6.04 Å². The van der Waals surface area contributed by atoms with Crippen molar-refractivity contribution in [2.24, 2.45) is 5.92 Å². The monoisotopic (exact) mass is 383 g/mol. The first-order valence-electron chi connectivity index (χ1n) is 11.9. The highest BCUT2D eigenvalue weighted by Crippen LogP contribution is 2.28. The SMILES string of the molecule is CCCCCCCCCC(Cc1ccccc1)C(CCCCC)[n+]1cc[nH]c1. The largest absolute Gasteiger partial charge is 0.250 e. The van der Waals surface area contributed by atoms with Gasteiger partial charge in [0, 0.05) is 5.92 Å². The number of nitrogens with one attached hydrogen (secondary N) is 1. The summed E-state index contributed by atoms with van der Waals surface area (Å²) in [4.78, 5) is 3.28. The van der Waals surface area contributed by atoms with Crippen LogP contribution < -0.4 is 4.57 Å². The predicted molar refractivity (Wildman–Crippen MR) is 120 cm³/mol. The highest BCUT2D eigenvalue weighted by Gasteiger charge is 2.26. The van der Waals surface area contributed by atoms with E-state index in [1.807, 2.05) is 0 Å². The van der Waals surface area contributed by atoms with E-state index >= 15 is 0 Å². The number of benzene rings is 1. The summed E-state index contributed by atoms with van der Waals surface area (Å²) in [5.41, 5.74) is 1.49. The van der Waals surface area contributed by atoms with Gasteiger partial charge in [-0.2, -0.15) is 0 Å². The smallest absolute Gasteiger partial charge is 0.241 e. The van der Waals surface area contributed by atoms with Crippen molar-refractivity contribution in [3.05, 3.63) is 54.6 Å². The number of hydrogen-bond acceptors (Lipinski definition) is 0. The van der Waals surface area contributed by atoms with E-state index in [1.165, 1.54) is 89.0 Å². The minimum Gasteiger partial charge on any atom is -0.250 e. The zero-order chi connectivity index (χ0) is 19.9. The zero-order valence-corrected chi connectivity index (χ0v) is 18.4. The Balaban J connectivity index is 1.97. The van der Waals surface area contributed by atoms with Crippen LogP contribution in [0.5, 0.6) is 0 Å². The second kappa shape index (κ2) is 14.4. The van der Waals surface area contributed by atoms with E-state index in [9.17, 15) is 0 Å². The molecule has 2 heteroatoms. The number of hydrogen-bond donors (Lipinski definition) is 1. The molecule has 0 spiro atoms. The summed E-state index contributed by atoms with van der Waals surface area (Å²) >= 11 is 0. The van der Waals surface area contributed by atoms with Crippen molar-refractivity contribution in [2.45, 2.75) is 103 Å². The van der Waals surface area contributed by atoms with Gasteiger partial charge in [0.25, 0.3) is 0 Å². The second-order valence-corrected chi connectivity index (χ2v) is 8.48. The number of H-pyrrole nitrogens is 1. The first kappa shape index (κ1) is 22.7. The highest BCUT2D eigenvalue weighted by atomic mass is 15.1. The quantitative estimate of drug-likeness (QED) is 0.230. The molecule has 1 N–H and O–H groups in total. The van der Waals surface area contributed by atoms with E-state index in [-0.39, 0.29) is 0 Å². The first-order valence-corrected chi connectivity index (χ1v) is 11.9. The van der Waals surface area contributed by atoms with Gasteiger partial charge < -0.3 is 0 Å². The molecule has 2 nitrogen and oxygen atoms in total. The molecule has 0 fully saturated rings. The van der Waals surface area contributed by atoms with Crippen LogP contribution in [-0.4, -0.2) is 4.98 Å². The van der Waals surface area contributed by atoms with Gasteiger partial charge in [0.2, 0.25) is 6.33 Å². The van der Waals surface area contributed by atoms with Crippen LogP contribution in [0.2, 0.25) is 0 Å². The molecule has 0 aliphatic carbocycles. The summed E-state index contributed by atoms with van der Waals surface area (Å²) in [6, 6.07) is 11.7. The van der Waals surface area contributed by atoms with E-state index in [1.54, 1.807) is 0 Å². The fraction of sp³-hybridized carbons (Fsp3) is 0.654. The Hall–Kier alpha value is -1.57. The lowest BCUT2D eigenvalue weighted by Crippen LogP contribution is -2.42. The minimum absolute atomic E-state index is 0.609. The van der Waals surface area contributed by atoms with Gasteiger partial charge in [0.05, 0.1) is 0 Å². The fourth-order valence-corrected chi connectivity index (χ4v) is 4.45. The van der Waals surface area contributed by atoms with Crippen LogP contribution in [0.1, 0.15) is 103 Å². The molecule has 0 aliphatic rings. The van der Waals surface area contributed by atoms with Crippen molar-refractivity contribution in [1.82, 2.24) is 4.98 Å². The normalized spacial score (nSPS) is 13.5. The van der Waals surface area contributed by atoms with Gasteiger partial charge in [-0.15, -0.1) is 0 Å². The predicted octanol–water partition coefficient (Wildman–Crippen LogP) is 7.42. The van der Waals surface area contributed by atoms with Gasteiger partial charge in [-0.05, 0) is 31.2 Å². The van der Waals surface area contributed by atoms with Gasteiger partial charge in [0.1, 0.15) is 18.4 Å². The molecule has 156 valence electrons. The molecule has 0 aliphatic heterocycles. The number of nitrogens with zero attached hydrogens (tertiary/aromatic N) is 1. The second-order valence-electron chi connectivity index (χ2n) is 8.48. The van der Waals surface area contributed by atoms with Crippen molar-refractivity contribution in [3.8, 4) is 0 Å². The maximum absolute atomic E-state index is 3.28. The lowest BCUT2D eigenvalue weighted by Gasteiger charge is -2.25. The Labute approximate surface area is 173 Å². The van der Waals surface area contributed by atoms with Gasteiger partial charge in [-0.3, -0.25) is 4.98 Å². The van der Waals surface area contributed by atoms with Crippen molar-refractivity contribution in [2.75, 3.05) is 0 Å². The zero-order valence-electron chi connectivity index (χ0n) is 18.4. The molecule has 0 saturated carbocycles. The number of unbranched alkanes of at least 4 members (excludes halogenated alkanes) is 8. The average molecular weight is 384 g/mol. The van der Waals surface area contributed by atoms with Gasteiger partial charge in [0.15, 0.2) is 0 Å². The highest BCUT2D eigenvalue weighted by molar-refractivity contribution is 5.15. The Morgan fingerprint density at radius 1 is 0.786 bits per heavy atom. The summed E-state index contributed by atoms with van der Waals surface area (Å²) in [6.45, 7) is 4.60. The van der Waals surface area contributed by atoms with E-state index in [2.05, 4.69) is 72.5 Å². The summed E-state index contributed by atoms with van der Waals surface area (Å²) in [6.07, 6.45) is 24.1. The van der Waals surface area contributed by atoms with Crippen LogP contribution in [0.15, 0.2) is 49.1 Å². The molecule has 2 rings (SSSR count). The Bertz CT molecular complexity index is 576. The van der Waals surface area contributed by atoms with Crippen molar-refractivity contribution in [1.29, 1.82) is 0 Å². The molecule has 1 aromatic carbocycles. The Morgan fingerprint density at radius 3 is 2.11 bits per heavy atom. The summed E-state index contributed by atoms with van der Waals surface area (Å²) in [5.74, 6) is 0.718. The lowest BCUT2D eigenvalue weighted by atomic mass is 9.84. The molecule has 1 aromatic heterocycles. The van der Waals surface area contributed by atoms with Crippen molar-refractivity contribution >= 4 is 0 Å². The third-order valence-electron chi connectivity index (χ3n) is 6.12. The Morgan fingerprint density at radius 2 is 1.43 bits per heavy atom. The van der Waals surface area contributed by atoms with Crippen molar-refractivity contribution < 1.29 is 4.57 Å². The van der Waals surface area contributed by atoms with E-state index in [4.69, 9.17) is 0 Å². The number of aromatic nitrogens is 2. The molecule has 0 bridgehead atoms. The molecule has 2 aromatic rings. The van der Waals surface area contributed by atoms with Crippen LogP contribution in [0.25, 0.3) is 0 Å². The number of imidazole rings is 1. The Kier molecular flexibility index (Phi) is 11.7. The fourth-order valence-electron chi connectivity index (χ4n) is 4.45. The standard InChI is InChI=1S/C26H42N2/c1-3-5-7-8-9-10-15-18-25(22-24-16-13-11-14-17-24)26(19-12-6-4-2)28-21-20-27-23-28/h11,13-14,16-17,20-21,23,25-26H,3-10,12,15,18-19,22H2,1-2H3/p+1. The lowest BCUT2D eigenvalue weighted by molar-refractivity contribution is -0.730. The molecule has 1 heterocycles. The van der Waals surface area contributed by atoms with E-state index < -0.39 is 0 Å². The van der Waals surface area contributed by atoms with Gasteiger partial charge in [-0.1, -0.05) is 102 Å². The summed E-state index contributed by atoms with van der Waals surface area (Å²) in [7, 11) is 0. The molecule has 2 atom stereocenters. The number of rotatable bonds is 16. The molecule has 0 saturated heterocycles. The molecule has 2 unspecified atom stereocenters. The summed E-state index contributed by atoms with van der Waals surface area (Å²) < 4.78 is 2.45. The maximum Gasteiger partial charge on any atom is 0.241 e. The van der Waals surface area contributed by atoms with Crippen LogP contribution in [0.3, 0.4) is 0 Å². The molecular formula is C26H43N2+. The average Bonchev–Trinajstić information content (AvgIpc) is 3.25. The molecular weight excluding hydrogens is 340 g/mol. The van der Waals surface area contributed by atoms with Crippen LogP contribution in [0.4, 0.5) is 0 Å². The topological polar surface area (TPSA) is 19.7 Å². The van der Waals surface area contributed by atoms with Crippen LogP contribution in [0, 0.1) is 5.92 Å². The van der Waals surface area contributed by atoms with Gasteiger partial charge >= 0.3 is 0 Å².